The molecule has 0 saturated carbocycles. The van der Waals surface area contributed by atoms with Gasteiger partial charge in [-0.15, -0.1) is 0 Å². The van der Waals surface area contributed by atoms with Gasteiger partial charge in [-0.05, 0) is 30.2 Å². The molecule has 2 rings (SSSR count). The van der Waals surface area contributed by atoms with E-state index >= 15 is 0 Å². The van der Waals surface area contributed by atoms with Crippen molar-refractivity contribution < 1.29 is 19.4 Å². The highest BCUT2D eigenvalue weighted by Gasteiger charge is 2.39. The van der Waals surface area contributed by atoms with Crippen LogP contribution in [-0.4, -0.2) is 38.9 Å². The van der Waals surface area contributed by atoms with E-state index in [0.717, 1.165) is 17.3 Å². The Balaban J connectivity index is 2.19. The molecular weight excluding hydrogens is 346 g/mol. The Morgan fingerprint density at radius 2 is 2.12 bits per heavy atom. The minimum absolute atomic E-state index is 0.270. The van der Waals surface area contributed by atoms with Crippen LogP contribution in [0.5, 0.6) is 5.75 Å². The summed E-state index contributed by atoms with van der Waals surface area (Å²) in [5.41, 5.74) is 0.810. The lowest BCUT2D eigenvalue weighted by atomic mass is 10.1. The average molecular weight is 363 g/mol. The van der Waals surface area contributed by atoms with E-state index in [1.54, 1.807) is 31.2 Å². The van der Waals surface area contributed by atoms with Gasteiger partial charge in [0.25, 0.3) is 5.91 Å². The van der Waals surface area contributed by atoms with E-state index < -0.39 is 12.0 Å². The molecule has 1 amide bonds. The summed E-state index contributed by atoms with van der Waals surface area (Å²) in [6.07, 6.45) is 3.65. The zero-order valence-corrected chi connectivity index (χ0v) is 14.7. The Labute approximate surface area is 150 Å². The summed E-state index contributed by atoms with van der Waals surface area (Å²) >= 11 is 6.29. The highest BCUT2D eigenvalue weighted by molar-refractivity contribution is 8.26. The van der Waals surface area contributed by atoms with E-state index in [2.05, 4.69) is 6.58 Å². The van der Waals surface area contributed by atoms with Crippen molar-refractivity contribution in [2.24, 2.45) is 0 Å². The van der Waals surface area contributed by atoms with Gasteiger partial charge in [0, 0.05) is 0 Å². The van der Waals surface area contributed by atoms with Crippen LogP contribution in [0.1, 0.15) is 18.9 Å². The van der Waals surface area contributed by atoms with Gasteiger partial charge in [0.1, 0.15) is 22.7 Å². The van der Waals surface area contributed by atoms with Gasteiger partial charge in [-0.3, -0.25) is 9.69 Å². The van der Waals surface area contributed by atoms with Crippen LogP contribution in [0.25, 0.3) is 6.08 Å². The summed E-state index contributed by atoms with van der Waals surface area (Å²) in [7, 11) is 0. The first kappa shape index (κ1) is 18.2. The van der Waals surface area contributed by atoms with Gasteiger partial charge < -0.3 is 9.84 Å². The van der Waals surface area contributed by atoms with Crippen molar-refractivity contribution in [3.63, 3.8) is 0 Å². The average Bonchev–Trinajstić information content (AvgIpc) is 2.82. The molecule has 1 fully saturated rings. The van der Waals surface area contributed by atoms with Gasteiger partial charge in [-0.25, -0.2) is 4.79 Å². The first-order valence-corrected chi connectivity index (χ1v) is 8.54. The van der Waals surface area contributed by atoms with E-state index in [1.807, 2.05) is 12.1 Å². The van der Waals surface area contributed by atoms with E-state index in [1.165, 1.54) is 4.90 Å². The Morgan fingerprint density at radius 1 is 1.46 bits per heavy atom. The van der Waals surface area contributed by atoms with Gasteiger partial charge in [-0.2, -0.15) is 0 Å². The number of hydrogen-bond donors (Lipinski definition) is 1. The molecule has 1 saturated heterocycles. The normalized spacial score (nSPS) is 17.2. The predicted octanol–water partition coefficient (Wildman–Crippen LogP) is 3.32. The summed E-state index contributed by atoms with van der Waals surface area (Å²) in [6.45, 7) is 5.72. The summed E-state index contributed by atoms with van der Waals surface area (Å²) in [5, 5.41) is 9.24. The van der Waals surface area contributed by atoms with Crippen molar-refractivity contribution in [1.29, 1.82) is 0 Å². The molecule has 1 aliphatic heterocycles. The highest BCUT2D eigenvalue weighted by Crippen LogP contribution is 2.34. The molecule has 0 radical (unpaired) electrons. The van der Waals surface area contributed by atoms with Crippen LogP contribution in [0, 0.1) is 0 Å². The summed E-state index contributed by atoms with van der Waals surface area (Å²) in [5.74, 6) is -0.721. The lowest BCUT2D eigenvalue weighted by molar-refractivity contribution is -0.145. The van der Waals surface area contributed by atoms with E-state index in [9.17, 15) is 14.7 Å². The van der Waals surface area contributed by atoms with Gasteiger partial charge in [0.05, 0.1) is 4.91 Å². The molecule has 1 aromatic rings. The maximum Gasteiger partial charge on any atom is 0.326 e. The van der Waals surface area contributed by atoms with Crippen LogP contribution in [0.2, 0.25) is 0 Å². The van der Waals surface area contributed by atoms with Crippen LogP contribution in [0.15, 0.2) is 41.8 Å². The predicted molar refractivity (Wildman–Crippen MR) is 98.9 cm³/mol. The monoisotopic (exact) mass is 363 g/mol. The molecule has 5 nitrogen and oxygen atoms in total. The standard InChI is InChI=1S/C17H17NO4S2/c1-3-9-22-12-7-5-11(6-8-12)10-14-15(19)18(17(23)24-14)13(4-2)16(20)21/h3,5-8,10,13H,1,4,9H2,2H3,(H,20,21)/b14-10-/t13-/m0/s1. The van der Waals surface area contributed by atoms with Crippen LogP contribution < -0.4 is 4.74 Å². The number of hydrogen-bond acceptors (Lipinski definition) is 5. The van der Waals surface area contributed by atoms with E-state index in [-0.39, 0.29) is 10.2 Å². The number of thiocarbonyl (C=S) groups is 1. The summed E-state index contributed by atoms with van der Waals surface area (Å²) in [6, 6.07) is 6.29. The number of rotatable bonds is 7. The highest BCUT2D eigenvalue weighted by atomic mass is 32.2. The Kier molecular flexibility index (Phi) is 6.16. The topological polar surface area (TPSA) is 66.8 Å². The molecule has 1 aliphatic rings. The molecular formula is C17H17NO4S2. The molecule has 126 valence electrons. The molecule has 0 unspecified atom stereocenters. The van der Waals surface area contributed by atoms with Crippen molar-refractivity contribution in [2.75, 3.05) is 6.61 Å². The number of carbonyl (C=O) groups is 2. The first-order chi connectivity index (χ1) is 11.5. The zero-order chi connectivity index (χ0) is 17.7. The molecule has 0 bridgehead atoms. The maximum absolute atomic E-state index is 12.5. The van der Waals surface area contributed by atoms with Gasteiger partial charge in [0.15, 0.2) is 0 Å². The summed E-state index contributed by atoms with van der Waals surface area (Å²) in [4.78, 5) is 25.4. The van der Waals surface area contributed by atoms with Gasteiger partial charge in [0.2, 0.25) is 0 Å². The third-order valence-corrected chi connectivity index (χ3v) is 4.68. The smallest absolute Gasteiger partial charge is 0.326 e. The maximum atomic E-state index is 12.5. The number of ether oxygens (including phenoxy) is 1. The molecule has 7 heteroatoms. The molecule has 1 N–H and O–H groups in total. The van der Waals surface area contributed by atoms with Crippen LogP contribution in [0.3, 0.4) is 0 Å². The molecule has 1 aromatic carbocycles. The Hall–Kier alpha value is -2.12. The molecule has 0 aliphatic carbocycles. The number of thioether (sulfide) groups is 1. The third-order valence-electron chi connectivity index (χ3n) is 3.35. The number of carboxylic acid groups (broad SMARTS) is 1. The fourth-order valence-electron chi connectivity index (χ4n) is 2.18. The SMILES string of the molecule is C=CCOc1ccc(/C=C2\SC(=S)N([C@@H](CC)C(=O)O)C2=O)cc1. The number of amides is 1. The second-order valence-corrected chi connectivity index (χ2v) is 6.66. The van der Waals surface area contributed by atoms with E-state index in [0.29, 0.717) is 23.7 Å². The summed E-state index contributed by atoms with van der Waals surface area (Å²) < 4.78 is 5.67. The lowest BCUT2D eigenvalue weighted by Crippen LogP contribution is -2.43. The van der Waals surface area contributed by atoms with Crippen molar-refractivity contribution in [3.05, 3.63) is 47.4 Å². The minimum atomic E-state index is -1.06. The lowest BCUT2D eigenvalue weighted by Gasteiger charge is -2.21. The number of carboxylic acids is 1. The van der Waals surface area contributed by atoms with Crippen LogP contribution >= 0.6 is 24.0 Å². The molecule has 24 heavy (non-hydrogen) atoms. The first-order valence-electron chi connectivity index (χ1n) is 7.31. The Bertz CT molecular complexity index is 697. The number of nitrogens with zero attached hydrogens (tertiary/aromatic N) is 1. The second kappa shape index (κ2) is 8.12. The zero-order valence-electron chi connectivity index (χ0n) is 13.1. The molecule has 0 spiro atoms. The quantitative estimate of drug-likeness (QED) is 0.455. The number of aliphatic carboxylic acids is 1. The van der Waals surface area contributed by atoms with Crippen molar-refractivity contribution >= 4 is 46.3 Å². The van der Waals surface area contributed by atoms with Crippen molar-refractivity contribution in [3.8, 4) is 5.75 Å². The number of benzene rings is 1. The molecule has 0 aromatic heterocycles. The van der Waals surface area contributed by atoms with Gasteiger partial charge >= 0.3 is 5.97 Å². The van der Waals surface area contributed by atoms with Gasteiger partial charge in [-0.1, -0.05) is 55.7 Å². The fraction of sp³-hybridized carbons (Fsp3) is 0.235. The van der Waals surface area contributed by atoms with Crippen molar-refractivity contribution in [1.82, 2.24) is 4.90 Å². The molecule has 1 atom stereocenters. The van der Waals surface area contributed by atoms with Crippen LogP contribution in [0.4, 0.5) is 0 Å². The Morgan fingerprint density at radius 3 is 2.67 bits per heavy atom. The van der Waals surface area contributed by atoms with Crippen molar-refractivity contribution in [2.45, 2.75) is 19.4 Å². The minimum Gasteiger partial charge on any atom is -0.490 e. The number of carbonyl (C=O) groups excluding carboxylic acids is 1. The third kappa shape index (κ3) is 4.04. The van der Waals surface area contributed by atoms with Crippen LogP contribution in [-0.2, 0) is 9.59 Å². The molecule has 1 heterocycles. The largest absolute Gasteiger partial charge is 0.490 e. The second-order valence-electron chi connectivity index (χ2n) is 4.98. The van der Waals surface area contributed by atoms with E-state index in [4.69, 9.17) is 17.0 Å². The fourth-order valence-corrected chi connectivity index (χ4v) is 3.54.